The van der Waals surface area contributed by atoms with Crippen molar-refractivity contribution in [3.8, 4) is 22.4 Å². The van der Waals surface area contributed by atoms with Gasteiger partial charge in [0.15, 0.2) is 5.16 Å². The molecule has 238 valence electrons. The van der Waals surface area contributed by atoms with Gasteiger partial charge in [0.1, 0.15) is 16.7 Å². The third kappa shape index (κ3) is 9.39. The lowest BCUT2D eigenvalue weighted by molar-refractivity contribution is -0.149. The van der Waals surface area contributed by atoms with Gasteiger partial charge in [-0.25, -0.2) is 25.0 Å². The summed E-state index contributed by atoms with van der Waals surface area (Å²) in [5.74, 6) is 0.966. The molecular weight excluding hydrogens is 595 g/mol. The van der Waals surface area contributed by atoms with Gasteiger partial charge in [-0.15, -0.1) is 0 Å². The Morgan fingerprint density at radius 1 is 0.955 bits per heavy atom. The molecule has 0 saturated heterocycles. The van der Waals surface area contributed by atoms with E-state index in [1.807, 2.05) is 96.6 Å². The quantitative estimate of drug-likeness (QED) is 0.111. The Morgan fingerprint density at radius 3 is 2.07 bits per heavy atom. The number of nitrogens with zero attached hydrogens (tertiary/aromatic N) is 6. The highest BCUT2D eigenvalue weighted by Gasteiger charge is 2.21. The highest BCUT2D eigenvalue weighted by molar-refractivity contribution is 6.32. The number of carbonyl (C=O) groups is 1. The van der Waals surface area contributed by atoms with E-state index in [0.717, 1.165) is 34.5 Å². The molecule has 0 aliphatic rings. The van der Waals surface area contributed by atoms with Crippen LogP contribution >= 0.6 is 23.2 Å². The number of hydrogen-bond donors (Lipinski definition) is 2. The first kappa shape index (κ1) is 35.3. The number of carbonyl (C=O) groups excluding carboxylic acids is 1. The van der Waals surface area contributed by atoms with Gasteiger partial charge in [0.2, 0.25) is 5.91 Å². The predicted octanol–water partition coefficient (Wildman–Crippen LogP) is 6.59. The molecule has 1 heterocycles. The fraction of sp³-hybridized carbons (Fsp3) is 0.424. The molecule has 0 radical (unpaired) electrons. The van der Waals surface area contributed by atoms with Gasteiger partial charge in [-0.2, -0.15) is 0 Å². The Kier molecular flexibility index (Phi) is 13.4. The van der Waals surface area contributed by atoms with E-state index in [1.165, 1.54) is 0 Å². The first-order valence-electron chi connectivity index (χ1n) is 15.0. The number of hydrazine groups is 2. The fourth-order valence-corrected chi connectivity index (χ4v) is 5.06. The van der Waals surface area contributed by atoms with Crippen LogP contribution in [0.3, 0.4) is 0 Å². The van der Waals surface area contributed by atoms with E-state index in [1.54, 1.807) is 5.01 Å². The maximum absolute atomic E-state index is 12.9. The molecule has 1 aromatic heterocycles. The Morgan fingerprint density at radius 2 is 1.52 bits per heavy atom. The molecule has 0 fully saturated rings. The molecule has 44 heavy (non-hydrogen) atoms. The number of hydrogen-bond acceptors (Lipinski definition) is 7. The van der Waals surface area contributed by atoms with E-state index in [4.69, 9.17) is 28.2 Å². The van der Waals surface area contributed by atoms with Gasteiger partial charge in [-0.05, 0) is 17.0 Å². The number of rotatable bonds is 15. The monoisotopic (exact) mass is 640 g/mol. The summed E-state index contributed by atoms with van der Waals surface area (Å²) >= 11 is 13.1. The van der Waals surface area contributed by atoms with Crippen LogP contribution in [0.1, 0.15) is 45.5 Å². The van der Waals surface area contributed by atoms with Crippen LogP contribution in [-0.2, 0) is 11.3 Å². The molecule has 0 bridgehead atoms. The van der Waals surface area contributed by atoms with Crippen molar-refractivity contribution in [3.05, 3.63) is 70.2 Å². The molecule has 0 aliphatic heterocycles. The summed E-state index contributed by atoms with van der Waals surface area (Å²) in [6.45, 7) is 10.8. The Hall–Kier alpha value is -3.21. The van der Waals surface area contributed by atoms with Gasteiger partial charge in [0.25, 0.3) is 0 Å². The molecule has 0 aliphatic carbocycles. The molecule has 3 rings (SSSR count). The van der Waals surface area contributed by atoms with Crippen molar-refractivity contribution in [1.82, 2.24) is 35.3 Å². The van der Waals surface area contributed by atoms with Gasteiger partial charge in [-0.1, -0.05) is 99.4 Å². The summed E-state index contributed by atoms with van der Waals surface area (Å²) in [6.07, 6.45) is 2.28. The van der Waals surface area contributed by atoms with Gasteiger partial charge >= 0.3 is 0 Å². The number of nitrogens with one attached hydrogen (secondary N) is 2. The second kappa shape index (κ2) is 16.7. The number of aliphatic imine (C=N–C) groups is 1. The highest BCUT2D eigenvalue weighted by atomic mass is 35.5. The SMILES string of the molecule is CCN(C)N(C)C/C=N/C(Cl)=C(\NC)c1ccc(-c2ccc(-c3nc(CN(C(=O)CC(C)C)N(C)CC)[nH]c3Cl)cc2)cc1. The highest BCUT2D eigenvalue weighted by Crippen LogP contribution is 2.30. The number of benzene rings is 2. The lowest BCUT2D eigenvalue weighted by Crippen LogP contribution is -2.44. The number of aromatic nitrogens is 2. The minimum atomic E-state index is 0.0596. The van der Waals surface area contributed by atoms with E-state index in [0.29, 0.717) is 47.9 Å². The maximum atomic E-state index is 12.9. The van der Waals surface area contributed by atoms with Crippen LogP contribution in [0.2, 0.25) is 5.15 Å². The molecule has 0 unspecified atom stereocenters. The standard InChI is InChI=1S/C33H46Cl2N8O/c1-9-40(6)42(8)20-19-37-32(34)30(36-5)26-15-11-24(12-16-26)25-13-17-27(18-14-25)31-33(35)39-28(38-31)22-43(41(7)10-2)29(44)21-23(3)4/h11-19,23,36H,9-10,20-22H2,1-8H3,(H,38,39)/b32-30-,37-19+. The second-order valence-electron chi connectivity index (χ2n) is 11.1. The molecule has 2 N–H and O–H groups in total. The van der Waals surface area contributed by atoms with Gasteiger partial charge < -0.3 is 10.3 Å². The van der Waals surface area contributed by atoms with Crippen molar-refractivity contribution in [3.63, 3.8) is 0 Å². The van der Waals surface area contributed by atoms with Crippen molar-refractivity contribution in [2.24, 2.45) is 10.9 Å². The van der Waals surface area contributed by atoms with Gasteiger partial charge in [0.05, 0.1) is 12.2 Å². The molecular formula is C33H46Cl2N8O. The van der Waals surface area contributed by atoms with Crippen LogP contribution in [0, 0.1) is 5.92 Å². The van der Waals surface area contributed by atoms with Gasteiger partial charge in [-0.3, -0.25) is 9.80 Å². The topological polar surface area (TPSA) is 83.1 Å². The minimum Gasteiger partial charge on any atom is -0.385 e. The number of halogens is 2. The molecule has 0 saturated carbocycles. The number of imidazole rings is 1. The van der Waals surface area contributed by atoms with Crippen LogP contribution in [0.4, 0.5) is 0 Å². The molecule has 3 aromatic rings. The second-order valence-corrected chi connectivity index (χ2v) is 11.8. The first-order chi connectivity index (χ1) is 21.0. The van der Waals surface area contributed by atoms with E-state index < -0.39 is 0 Å². The average Bonchev–Trinajstić information content (AvgIpc) is 3.39. The van der Waals surface area contributed by atoms with Crippen LogP contribution in [-0.4, -0.2) is 90.0 Å². The largest absolute Gasteiger partial charge is 0.385 e. The average molecular weight is 642 g/mol. The summed E-state index contributed by atoms with van der Waals surface area (Å²) in [5.41, 5.74) is 5.38. The van der Waals surface area contributed by atoms with Crippen molar-refractivity contribution in [1.29, 1.82) is 0 Å². The van der Waals surface area contributed by atoms with Crippen molar-refractivity contribution < 1.29 is 4.79 Å². The molecule has 1 amide bonds. The number of amides is 1. The van der Waals surface area contributed by atoms with Crippen molar-refractivity contribution >= 4 is 41.0 Å². The molecule has 11 heteroatoms. The van der Waals surface area contributed by atoms with Crippen LogP contribution < -0.4 is 5.32 Å². The third-order valence-corrected chi connectivity index (χ3v) is 8.02. The zero-order valence-electron chi connectivity index (χ0n) is 27.2. The fourth-order valence-electron chi connectivity index (χ4n) is 4.53. The molecule has 0 spiro atoms. The summed E-state index contributed by atoms with van der Waals surface area (Å²) in [5, 5.41) is 11.8. The van der Waals surface area contributed by atoms with Gasteiger partial charge in [0, 0.05) is 71.6 Å². The van der Waals surface area contributed by atoms with Crippen molar-refractivity contribution in [2.75, 3.05) is 47.8 Å². The lowest BCUT2D eigenvalue weighted by atomic mass is 10.0. The Bertz CT molecular complexity index is 1420. The van der Waals surface area contributed by atoms with Crippen LogP contribution in [0.5, 0.6) is 0 Å². The number of H-pyrrole nitrogens is 1. The van der Waals surface area contributed by atoms with E-state index in [-0.39, 0.29) is 11.8 Å². The summed E-state index contributed by atoms with van der Waals surface area (Å²) in [4.78, 5) is 25.3. The lowest BCUT2D eigenvalue weighted by Gasteiger charge is -2.31. The Labute approximate surface area is 272 Å². The normalized spacial score (nSPS) is 12.6. The zero-order valence-corrected chi connectivity index (χ0v) is 28.7. The summed E-state index contributed by atoms with van der Waals surface area (Å²) in [7, 11) is 7.78. The molecule has 2 aromatic carbocycles. The van der Waals surface area contributed by atoms with E-state index in [2.05, 4.69) is 44.4 Å². The summed E-state index contributed by atoms with van der Waals surface area (Å²) in [6, 6.07) is 16.3. The van der Waals surface area contributed by atoms with Crippen LogP contribution in [0.25, 0.3) is 28.1 Å². The molecule has 9 nitrogen and oxygen atoms in total. The first-order valence-corrected chi connectivity index (χ1v) is 15.7. The summed E-state index contributed by atoms with van der Waals surface area (Å²) < 4.78 is 0. The van der Waals surface area contributed by atoms with Crippen LogP contribution in [0.15, 0.2) is 58.7 Å². The predicted molar refractivity (Wildman–Crippen MR) is 184 cm³/mol. The molecule has 0 atom stereocenters. The number of aromatic amines is 1. The maximum Gasteiger partial charge on any atom is 0.237 e. The van der Waals surface area contributed by atoms with E-state index in [9.17, 15) is 4.79 Å². The minimum absolute atomic E-state index is 0.0596. The Balaban J connectivity index is 1.75. The van der Waals surface area contributed by atoms with Crippen molar-refractivity contribution in [2.45, 2.75) is 40.7 Å². The zero-order chi connectivity index (χ0) is 32.4. The third-order valence-electron chi connectivity index (χ3n) is 7.46. The smallest absolute Gasteiger partial charge is 0.237 e. The van der Waals surface area contributed by atoms with E-state index >= 15 is 0 Å².